The fourth-order valence-corrected chi connectivity index (χ4v) is 4.20. The summed E-state index contributed by atoms with van der Waals surface area (Å²) >= 11 is 0. The van der Waals surface area contributed by atoms with Crippen LogP contribution in [0.4, 0.5) is 5.69 Å². The van der Waals surface area contributed by atoms with Gasteiger partial charge in [0.25, 0.3) is 0 Å². The van der Waals surface area contributed by atoms with Gasteiger partial charge in [-0.2, -0.15) is 0 Å². The normalized spacial score (nSPS) is 19.4. The number of ether oxygens (including phenoxy) is 1. The highest BCUT2D eigenvalue weighted by molar-refractivity contribution is 7.91. The summed E-state index contributed by atoms with van der Waals surface area (Å²) in [6.45, 7) is 0. The maximum Gasteiger partial charge on any atom is 0.181 e. The van der Waals surface area contributed by atoms with Gasteiger partial charge in [0.05, 0.1) is 23.8 Å². The van der Waals surface area contributed by atoms with E-state index in [0.29, 0.717) is 4.90 Å². The summed E-state index contributed by atoms with van der Waals surface area (Å²) in [6.07, 6.45) is 0. The first-order valence-corrected chi connectivity index (χ1v) is 7.98. The summed E-state index contributed by atoms with van der Waals surface area (Å²) in [5, 5.41) is 3.27. The predicted octanol–water partition coefficient (Wildman–Crippen LogP) is 2.64. The predicted molar refractivity (Wildman–Crippen MR) is 77.9 cm³/mol. The SMILES string of the molecule is COc1ccc(NC2CS(=O)(=O)c3ccccc32)cc1. The summed E-state index contributed by atoms with van der Waals surface area (Å²) in [5.74, 6) is 0.869. The van der Waals surface area contributed by atoms with E-state index in [1.807, 2.05) is 36.4 Å². The van der Waals surface area contributed by atoms with Crippen molar-refractivity contribution in [1.82, 2.24) is 0 Å². The molecule has 1 aliphatic heterocycles. The molecule has 104 valence electrons. The van der Waals surface area contributed by atoms with E-state index in [1.165, 1.54) is 0 Å². The summed E-state index contributed by atoms with van der Waals surface area (Å²) < 4.78 is 29.3. The van der Waals surface area contributed by atoms with Crippen molar-refractivity contribution in [2.75, 3.05) is 18.2 Å². The molecule has 0 spiro atoms. The molecule has 5 heteroatoms. The van der Waals surface area contributed by atoms with Crippen molar-refractivity contribution >= 4 is 15.5 Å². The van der Waals surface area contributed by atoms with Gasteiger partial charge in [0.1, 0.15) is 5.75 Å². The van der Waals surface area contributed by atoms with Gasteiger partial charge < -0.3 is 10.1 Å². The van der Waals surface area contributed by atoms with Gasteiger partial charge in [-0.3, -0.25) is 0 Å². The number of benzene rings is 2. The second kappa shape index (κ2) is 4.83. The number of nitrogens with one attached hydrogen (secondary N) is 1. The zero-order valence-electron chi connectivity index (χ0n) is 11.0. The van der Waals surface area contributed by atoms with Crippen molar-refractivity contribution in [1.29, 1.82) is 0 Å². The van der Waals surface area contributed by atoms with Crippen molar-refractivity contribution < 1.29 is 13.2 Å². The minimum atomic E-state index is -3.17. The molecular weight excluding hydrogens is 274 g/mol. The lowest BCUT2D eigenvalue weighted by Crippen LogP contribution is -2.12. The average Bonchev–Trinajstić information content (AvgIpc) is 2.72. The average molecular weight is 289 g/mol. The topological polar surface area (TPSA) is 55.4 Å². The van der Waals surface area contributed by atoms with Gasteiger partial charge in [-0.25, -0.2) is 8.42 Å². The van der Waals surface area contributed by atoms with Crippen molar-refractivity contribution in [3.05, 3.63) is 54.1 Å². The number of methoxy groups -OCH3 is 1. The summed E-state index contributed by atoms with van der Waals surface area (Å²) in [7, 11) is -1.56. The van der Waals surface area contributed by atoms with Crippen molar-refractivity contribution in [3.63, 3.8) is 0 Å². The van der Waals surface area contributed by atoms with Crippen molar-refractivity contribution in [2.45, 2.75) is 10.9 Å². The molecule has 0 aliphatic carbocycles. The van der Waals surface area contributed by atoms with Crippen LogP contribution in [0.3, 0.4) is 0 Å². The molecule has 0 radical (unpaired) electrons. The highest BCUT2D eigenvalue weighted by Gasteiger charge is 2.34. The Morgan fingerprint density at radius 2 is 1.80 bits per heavy atom. The monoisotopic (exact) mass is 289 g/mol. The van der Waals surface area contributed by atoms with E-state index in [4.69, 9.17) is 4.74 Å². The first-order valence-electron chi connectivity index (χ1n) is 6.32. The van der Waals surface area contributed by atoms with Gasteiger partial charge in [-0.15, -0.1) is 0 Å². The van der Waals surface area contributed by atoms with Crippen LogP contribution in [0.5, 0.6) is 5.75 Å². The van der Waals surface area contributed by atoms with Crippen LogP contribution in [0.15, 0.2) is 53.4 Å². The maximum atomic E-state index is 12.1. The lowest BCUT2D eigenvalue weighted by molar-refractivity contribution is 0.415. The first-order chi connectivity index (χ1) is 9.60. The molecule has 2 aromatic rings. The van der Waals surface area contributed by atoms with Gasteiger partial charge in [0, 0.05) is 5.69 Å². The van der Waals surface area contributed by atoms with E-state index in [1.54, 1.807) is 19.2 Å². The highest BCUT2D eigenvalue weighted by Crippen LogP contribution is 2.35. The molecule has 20 heavy (non-hydrogen) atoms. The van der Waals surface area contributed by atoms with Crippen LogP contribution in [-0.2, 0) is 9.84 Å². The molecular formula is C15H15NO3S. The molecule has 0 saturated carbocycles. The minimum absolute atomic E-state index is 0.0956. The largest absolute Gasteiger partial charge is 0.497 e. The molecule has 1 aliphatic rings. The molecule has 2 aromatic carbocycles. The molecule has 0 aromatic heterocycles. The third-order valence-electron chi connectivity index (χ3n) is 3.45. The van der Waals surface area contributed by atoms with Gasteiger partial charge in [-0.1, -0.05) is 18.2 Å². The first kappa shape index (κ1) is 13.0. The zero-order chi connectivity index (χ0) is 14.2. The molecule has 1 atom stereocenters. The molecule has 3 rings (SSSR count). The van der Waals surface area contributed by atoms with Crippen LogP contribution < -0.4 is 10.1 Å². The van der Waals surface area contributed by atoms with E-state index in [2.05, 4.69) is 5.32 Å². The quantitative estimate of drug-likeness (QED) is 0.943. The molecule has 1 N–H and O–H groups in total. The number of sulfone groups is 1. The number of hydrogen-bond acceptors (Lipinski definition) is 4. The fraction of sp³-hybridized carbons (Fsp3) is 0.200. The summed E-state index contributed by atoms with van der Waals surface area (Å²) in [6, 6.07) is 14.4. The Hall–Kier alpha value is -2.01. The molecule has 4 nitrogen and oxygen atoms in total. The summed E-state index contributed by atoms with van der Waals surface area (Å²) in [5.41, 5.74) is 1.71. The Morgan fingerprint density at radius 1 is 1.10 bits per heavy atom. The minimum Gasteiger partial charge on any atom is -0.497 e. The molecule has 1 unspecified atom stereocenters. The van der Waals surface area contributed by atoms with Crippen LogP contribution in [0.2, 0.25) is 0 Å². The second-order valence-corrected chi connectivity index (χ2v) is 6.75. The Balaban J connectivity index is 1.89. The van der Waals surface area contributed by atoms with E-state index in [-0.39, 0.29) is 11.8 Å². The van der Waals surface area contributed by atoms with E-state index < -0.39 is 9.84 Å². The molecule has 0 fully saturated rings. The van der Waals surface area contributed by atoms with Gasteiger partial charge in [-0.05, 0) is 35.9 Å². The van der Waals surface area contributed by atoms with E-state index >= 15 is 0 Å². The second-order valence-electron chi connectivity index (χ2n) is 4.74. The lowest BCUT2D eigenvalue weighted by Gasteiger charge is -2.14. The van der Waals surface area contributed by atoms with Crippen molar-refractivity contribution in [3.8, 4) is 5.75 Å². The molecule has 1 heterocycles. The molecule has 0 bridgehead atoms. The number of anilines is 1. The highest BCUT2D eigenvalue weighted by atomic mass is 32.2. The number of hydrogen-bond donors (Lipinski definition) is 1. The van der Waals surface area contributed by atoms with Crippen LogP contribution in [0, 0.1) is 0 Å². The van der Waals surface area contributed by atoms with Crippen molar-refractivity contribution in [2.24, 2.45) is 0 Å². The maximum absolute atomic E-state index is 12.1. The van der Waals surface area contributed by atoms with Crippen LogP contribution in [0.1, 0.15) is 11.6 Å². The Labute approximate surface area is 118 Å². The smallest absolute Gasteiger partial charge is 0.181 e. The van der Waals surface area contributed by atoms with Gasteiger partial charge >= 0.3 is 0 Å². The number of rotatable bonds is 3. The fourth-order valence-electron chi connectivity index (χ4n) is 2.46. The molecule has 0 amide bonds. The van der Waals surface area contributed by atoms with Gasteiger partial charge in [0.2, 0.25) is 0 Å². The Bertz CT molecular complexity index is 723. The van der Waals surface area contributed by atoms with Crippen LogP contribution >= 0.6 is 0 Å². The molecule has 0 saturated heterocycles. The van der Waals surface area contributed by atoms with Gasteiger partial charge in [0.15, 0.2) is 9.84 Å². The number of fused-ring (bicyclic) bond motifs is 1. The third kappa shape index (κ3) is 2.25. The third-order valence-corrected chi connectivity index (χ3v) is 5.26. The van der Waals surface area contributed by atoms with Crippen LogP contribution in [-0.4, -0.2) is 21.3 Å². The zero-order valence-corrected chi connectivity index (χ0v) is 11.9. The Morgan fingerprint density at radius 3 is 2.50 bits per heavy atom. The van der Waals surface area contributed by atoms with E-state index in [9.17, 15) is 8.42 Å². The van der Waals surface area contributed by atoms with E-state index in [0.717, 1.165) is 17.0 Å². The Kier molecular flexibility index (Phi) is 3.14. The van der Waals surface area contributed by atoms with Crippen LogP contribution in [0.25, 0.3) is 0 Å². The standard InChI is InChI=1S/C15H15NO3S/c1-19-12-8-6-11(7-9-12)16-14-10-20(17,18)15-5-3-2-4-13(14)15/h2-9,14,16H,10H2,1H3. The lowest BCUT2D eigenvalue weighted by atomic mass is 10.1. The summed E-state index contributed by atoms with van der Waals surface area (Å²) in [4.78, 5) is 0.436.